The zero-order valence-electron chi connectivity index (χ0n) is 32.8. The monoisotopic (exact) mass is 741 g/mol. The van der Waals surface area contributed by atoms with Crippen LogP contribution in [0.1, 0.15) is 25.0 Å². The van der Waals surface area contributed by atoms with Gasteiger partial charge < -0.3 is 4.90 Å². The molecule has 0 atom stereocenters. The fraction of sp³-hybridized carbons (Fsp3) is 0.0526. The summed E-state index contributed by atoms with van der Waals surface area (Å²) in [5.41, 5.74) is 20.4. The van der Waals surface area contributed by atoms with Gasteiger partial charge in [0.15, 0.2) is 0 Å². The van der Waals surface area contributed by atoms with Crippen LogP contribution in [0.5, 0.6) is 0 Å². The van der Waals surface area contributed by atoms with Gasteiger partial charge in [0.05, 0.1) is 11.4 Å². The molecule has 0 saturated heterocycles. The summed E-state index contributed by atoms with van der Waals surface area (Å²) in [4.78, 5) is 2.52. The van der Waals surface area contributed by atoms with Crippen molar-refractivity contribution in [2.24, 2.45) is 0 Å². The maximum atomic E-state index is 2.52. The van der Waals surface area contributed by atoms with E-state index in [2.05, 4.69) is 243 Å². The molecule has 276 valence electrons. The first kappa shape index (κ1) is 35.2. The molecule has 0 heterocycles. The van der Waals surface area contributed by atoms with E-state index in [9.17, 15) is 0 Å². The molecule has 0 aliphatic heterocycles. The van der Waals surface area contributed by atoms with E-state index in [0.29, 0.717) is 0 Å². The van der Waals surface area contributed by atoms with Gasteiger partial charge in [-0.05, 0) is 97.1 Å². The first-order valence-electron chi connectivity index (χ1n) is 20.2. The van der Waals surface area contributed by atoms with Gasteiger partial charge in [0.2, 0.25) is 0 Å². The van der Waals surface area contributed by atoms with E-state index in [0.717, 1.165) is 17.1 Å². The van der Waals surface area contributed by atoms with Crippen molar-refractivity contribution >= 4 is 17.1 Å². The maximum absolute atomic E-state index is 2.52. The molecule has 0 spiro atoms. The minimum absolute atomic E-state index is 0.146. The normalized spacial score (nSPS) is 12.4. The van der Waals surface area contributed by atoms with Crippen LogP contribution in [-0.4, -0.2) is 0 Å². The molecule has 1 aliphatic rings. The van der Waals surface area contributed by atoms with Crippen molar-refractivity contribution in [2.45, 2.75) is 19.3 Å². The first-order chi connectivity index (χ1) is 28.6. The second-order valence-corrected chi connectivity index (χ2v) is 15.7. The number of anilines is 3. The molecular formula is C57H43N. The average molecular weight is 742 g/mol. The molecule has 0 N–H and O–H groups in total. The van der Waals surface area contributed by atoms with Gasteiger partial charge in [0.1, 0.15) is 0 Å². The van der Waals surface area contributed by atoms with E-state index in [1.54, 1.807) is 0 Å². The van der Waals surface area contributed by atoms with Gasteiger partial charge >= 0.3 is 0 Å². The molecule has 1 aliphatic carbocycles. The number of rotatable bonds is 8. The van der Waals surface area contributed by atoms with E-state index in [-0.39, 0.29) is 5.41 Å². The summed E-state index contributed by atoms with van der Waals surface area (Å²) in [6.45, 7) is 4.73. The van der Waals surface area contributed by atoms with Crippen molar-refractivity contribution in [3.05, 3.63) is 236 Å². The van der Waals surface area contributed by atoms with Crippen molar-refractivity contribution in [3.63, 3.8) is 0 Å². The summed E-state index contributed by atoms with van der Waals surface area (Å²) in [6.07, 6.45) is 0. The largest absolute Gasteiger partial charge is 0.309 e. The highest BCUT2D eigenvalue weighted by molar-refractivity contribution is 6.04. The first-order valence-corrected chi connectivity index (χ1v) is 20.2. The SMILES string of the molecule is CC1(C)c2ccccc2-c2c(N(c3ccc(-c4ccccc4)cc3)c3cccc(-c4cccc(-c5ccccc5)c4)c3-c3ccccc3-c3ccccc3)cccc21. The fourth-order valence-corrected chi connectivity index (χ4v) is 9.08. The van der Waals surface area contributed by atoms with Crippen LogP contribution in [0, 0.1) is 0 Å². The van der Waals surface area contributed by atoms with E-state index in [1.165, 1.54) is 77.9 Å². The lowest BCUT2D eigenvalue weighted by molar-refractivity contribution is 0.660. The van der Waals surface area contributed by atoms with Crippen LogP contribution >= 0.6 is 0 Å². The lowest BCUT2D eigenvalue weighted by atomic mass is 9.82. The Kier molecular flexibility index (Phi) is 8.92. The van der Waals surface area contributed by atoms with Crippen molar-refractivity contribution in [1.29, 1.82) is 0 Å². The number of hydrogen-bond donors (Lipinski definition) is 0. The molecule has 9 aromatic carbocycles. The molecule has 58 heavy (non-hydrogen) atoms. The number of fused-ring (bicyclic) bond motifs is 3. The predicted octanol–water partition coefficient (Wildman–Crippen LogP) is 15.8. The van der Waals surface area contributed by atoms with Crippen LogP contribution < -0.4 is 4.90 Å². The topological polar surface area (TPSA) is 3.24 Å². The summed E-state index contributed by atoms with van der Waals surface area (Å²) in [5.74, 6) is 0. The van der Waals surface area contributed by atoms with E-state index < -0.39 is 0 Å². The molecule has 0 amide bonds. The molecule has 0 aromatic heterocycles. The zero-order chi connectivity index (χ0) is 39.1. The Morgan fingerprint density at radius 1 is 0.293 bits per heavy atom. The van der Waals surface area contributed by atoms with Gasteiger partial charge in [-0.3, -0.25) is 0 Å². The Balaban J connectivity index is 1.28. The van der Waals surface area contributed by atoms with Crippen molar-refractivity contribution in [1.82, 2.24) is 0 Å². The van der Waals surface area contributed by atoms with Crippen LogP contribution in [0.15, 0.2) is 224 Å². The minimum atomic E-state index is -0.146. The van der Waals surface area contributed by atoms with E-state index in [1.807, 2.05) is 0 Å². The summed E-state index contributed by atoms with van der Waals surface area (Å²) < 4.78 is 0. The number of hydrogen-bond acceptors (Lipinski definition) is 1. The van der Waals surface area contributed by atoms with Crippen LogP contribution in [0.3, 0.4) is 0 Å². The molecule has 10 rings (SSSR count). The molecule has 0 radical (unpaired) electrons. The van der Waals surface area contributed by atoms with Gasteiger partial charge in [-0.25, -0.2) is 0 Å². The Hall–Kier alpha value is -7.22. The highest BCUT2D eigenvalue weighted by Crippen LogP contribution is 2.56. The molecule has 1 heteroatoms. The van der Waals surface area contributed by atoms with Crippen molar-refractivity contribution in [3.8, 4) is 66.8 Å². The summed E-state index contributed by atoms with van der Waals surface area (Å²) >= 11 is 0. The lowest BCUT2D eigenvalue weighted by Crippen LogP contribution is -2.16. The molecule has 1 nitrogen and oxygen atoms in total. The molecule has 0 fully saturated rings. The Labute approximate surface area is 342 Å². The molecule has 0 unspecified atom stereocenters. The zero-order valence-corrected chi connectivity index (χ0v) is 32.8. The maximum Gasteiger partial charge on any atom is 0.0546 e. The van der Waals surface area contributed by atoms with Crippen molar-refractivity contribution < 1.29 is 0 Å². The third-order valence-corrected chi connectivity index (χ3v) is 11.9. The van der Waals surface area contributed by atoms with E-state index >= 15 is 0 Å². The molecule has 0 saturated carbocycles. The highest BCUT2D eigenvalue weighted by atomic mass is 15.1. The summed E-state index contributed by atoms with van der Waals surface area (Å²) in [7, 11) is 0. The lowest BCUT2D eigenvalue weighted by Gasteiger charge is -2.32. The highest BCUT2D eigenvalue weighted by Gasteiger charge is 2.38. The van der Waals surface area contributed by atoms with Crippen LogP contribution in [0.25, 0.3) is 66.8 Å². The number of nitrogens with zero attached hydrogens (tertiary/aromatic N) is 1. The van der Waals surface area contributed by atoms with Gasteiger partial charge in [-0.2, -0.15) is 0 Å². The smallest absolute Gasteiger partial charge is 0.0546 e. The van der Waals surface area contributed by atoms with Crippen molar-refractivity contribution in [2.75, 3.05) is 4.90 Å². The summed E-state index contributed by atoms with van der Waals surface area (Å²) in [6, 6.07) is 81.9. The number of benzene rings is 9. The Bertz CT molecular complexity index is 2890. The minimum Gasteiger partial charge on any atom is -0.309 e. The second-order valence-electron chi connectivity index (χ2n) is 15.7. The fourth-order valence-electron chi connectivity index (χ4n) is 9.08. The molecule has 0 bridgehead atoms. The molecular weight excluding hydrogens is 699 g/mol. The standard InChI is InChI=1S/C57H43N/c1-57(2)51-31-15-14-29-50(51)56-52(57)32-18-34-54(56)58(46-37-35-42(36-38-46)40-19-6-3-7-20-40)53-33-17-30-48(45-26-16-25-44(39-45)41-21-8-4-9-22-41)55(53)49-28-13-12-27-47(49)43-23-10-5-11-24-43/h3-39H,1-2H3. The van der Waals surface area contributed by atoms with E-state index in [4.69, 9.17) is 0 Å². The Morgan fingerprint density at radius 3 is 1.43 bits per heavy atom. The van der Waals surface area contributed by atoms with Gasteiger partial charge in [0, 0.05) is 22.2 Å². The third kappa shape index (κ3) is 6.13. The average Bonchev–Trinajstić information content (AvgIpc) is 3.54. The quantitative estimate of drug-likeness (QED) is 0.150. The second kappa shape index (κ2) is 14.7. The summed E-state index contributed by atoms with van der Waals surface area (Å²) in [5, 5.41) is 0. The van der Waals surface area contributed by atoms with Crippen LogP contribution in [0.2, 0.25) is 0 Å². The van der Waals surface area contributed by atoms with Gasteiger partial charge in [-0.1, -0.05) is 208 Å². The van der Waals surface area contributed by atoms with Gasteiger partial charge in [-0.15, -0.1) is 0 Å². The van der Waals surface area contributed by atoms with Gasteiger partial charge in [0.25, 0.3) is 0 Å². The Morgan fingerprint density at radius 2 is 0.741 bits per heavy atom. The van der Waals surface area contributed by atoms with Crippen LogP contribution in [0.4, 0.5) is 17.1 Å². The molecule has 9 aromatic rings. The third-order valence-electron chi connectivity index (χ3n) is 11.9. The van der Waals surface area contributed by atoms with Crippen LogP contribution in [-0.2, 0) is 5.41 Å². The predicted molar refractivity (Wildman–Crippen MR) is 246 cm³/mol.